The van der Waals surface area contributed by atoms with Crippen LogP contribution in [-0.4, -0.2) is 36.0 Å². The van der Waals surface area contributed by atoms with Crippen molar-refractivity contribution in [2.45, 2.75) is 69.7 Å². The summed E-state index contributed by atoms with van der Waals surface area (Å²) in [6.45, 7) is 3.63. The van der Waals surface area contributed by atoms with Gasteiger partial charge in [-0.2, -0.15) is 0 Å². The number of para-hydroxylation sites is 1. The summed E-state index contributed by atoms with van der Waals surface area (Å²) in [4.78, 5) is 28.6. The highest BCUT2D eigenvalue weighted by Crippen LogP contribution is 2.66. The molecule has 2 aromatic rings. The largest absolute Gasteiger partial charge is 0.342 e. The molecule has 3 amide bonds. The van der Waals surface area contributed by atoms with E-state index in [1.165, 1.54) is 30.4 Å². The molecule has 4 saturated carbocycles. The van der Waals surface area contributed by atoms with Crippen LogP contribution in [0.3, 0.4) is 0 Å². The second-order valence-electron chi connectivity index (χ2n) is 11.9. The molecule has 0 aromatic heterocycles. The molecule has 4 aliphatic carbocycles. The van der Waals surface area contributed by atoms with Crippen LogP contribution in [0, 0.1) is 24.2 Å². The van der Waals surface area contributed by atoms with E-state index in [-0.39, 0.29) is 22.9 Å². The minimum atomic E-state index is -0.181. The van der Waals surface area contributed by atoms with Crippen LogP contribution >= 0.6 is 0 Å². The maximum Gasteiger partial charge on any atom is 0.319 e. The maximum atomic E-state index is 14.1. The summed E-state index contributed by atoms with van der Waals surface area (Å²) in [7, 11) is 0. The molecule has 2 atom stereocenters. The van der Waals surface area contributed by atoms with Crippen molar-refractivity contribution in [1.82, 2.24) is 10.2 Å². The van der Waals surface area contributed by atoms with Crippen LogP contribution < -0.4 is 10.6 Å². The zero-order valence-electron chi connectivity index (χ0n) is 20.8. The molecule has 2 aromatic carbocycles. The van der Waals surface area contributed by atoms with Crippen LogP contribution in [0.15, 0.2) is 54.6 Å². The van der Waals surface area contributed by atoms with Gasteiger partial charge in [-0.1, -0.05) is 48.0 Å². The molecule has 1 heterocycles. The molecule has 5 nitrogen and oxygen atoms in total. The molecule has 5 heteroatoms. The SMILES string of the molecule is Cc1ccc(C23CC4CC(CC(C(=O)N5CCC(NC(=O)Nc6ccccc6)CC5)(C4)C2)C3)cc1. The van der Waals surface area contributed by atoms with Gasteiger partial charge in [0.1, 0.15) is 0 Å². The zero-order chi connectivity index (χ0) is 24.0. The molecule has 2 N–H and O–H groups in total. The topological polar surface area (TPSA) is 61.4 Å². The van der Waals surface area contributed by atoms with Crippen molar-refractivity contribution < 1.29 is 9.59 Å². The molecule has 0 radical (unpaired) electrons. The Morgan fingerprint density at radius 3 is 2.20 bits per heavy atom. The molecule has 35 heavy (non-hydrogen) atoms. The molecular weight excluding hydrogens is 434 g/mol. The van der Waals surface area contributed by atoms with Crippen LogP contribution in [0.2, 0.25) is 0 Å². The Balaban J connectivity index is 1.11. The summed E-state index contributed by atoms with van der Waals surface area (Å²) in [6, 6.07) is 18.6. The highest BCUT2D eigenvalue weighted by atomic mass is 16.2. The van der Waals surface area contributed by atoms with Crippen molar-refractivity contribution in [2.24, 2.45) is 17.3 Å². The van der Waals surface area contributed by atoms with Crippen molar-refractivity contribution in [3.05, 3.63) is 65.7 Å². The van der Waals surface area contributed by atoms with Crippen LogP contribution in [0.25, 0.3) is 0 Å². The molecular formula is C30H37N3O2. The van der Waals surface area contributed by atoms with Gasteiger partial charge in [-0.15, -0.1) is 0 Å². The molecule has 2 unspecified atom stereocenters. The van der Waals surface area contributed by atoms with E-state index >= 15 is 0 Å². The van der Waals surface area contributed by atoms with E-state index in [1.54, 1.807) is 0 Å². The fourth-order valence-electron chi connectivity index (χ4n) is 8.19. The van der Waals surface area contributed by atoms with E-state index in [0.29, 0.717) is 17.7 Å². The first kappa shape index (κ1) is 22.6. The summed E-state index contributed by atoms with van der Waals surface area (Å²) < 4.78 is 0. The van der Waals surface area contributed by atoms with Crippen molar-refractivity contribution >= 4 is 17.6 Å². The van der Waals surface area contributed by atoms with Gasteiger partial charge in [0.05, 0.1) is 5.41 Å². The van der Waals surface area contributed by atoms with Crippen LogP contribution in [-0.2, 0) is 10.2 Å². The number of aryl methyl sites for hydroxylation is 1. The van der Waals surface area contributed by atoms with Gasteiger partial charge >= 0.3 is 6.03 Å². The molecule has 4 bridgehead atoms. The Morgan fingerprint density at radius 1 is 0.886 bits per heavy atom. The van der Waals surface area contributed by atoms with Crippen molar-refractivity contribution in [2.75, 3.05) is 18.4 Å². The minimum absolute atomic E-state index is 0.109. The fraction of sp³-hybridized carbons (Fsp3) is 0.533. The number of nitrogens with zero attached hydrogens (tertiary/aromatic N) is 1. The van der Waals surface area contributed by atoms with Gasteiger partial charge in [-0.05, 0) is 93.2 Å². The third-order valence-electron chi connectivity index (χ3n) is 9.33. The van der Waals surface area contributed by atoms with Crippen molar-refractivity contribution in [3.63, 3.8) is 0 Å². The zero-order valence-corrected chi connectivity index (χ0v) is 20.8. The molecule has 5 fully saturated rings. The third kappa shape index (κ3) is 4.23. The number of amides is 3. The van der Waals surface area contributed by atoms with Gasteiger partial charge in [0.25, 0.3) is 0 Å². The standard InChI is InChI=1S/C30H37N3O2/c1-21-7-9-24(10-8-21)29-16-22-15-23(17-29)19-30(18-22,20-29)27(34)33-13-11-26(12-14-33)32-28(35)31-25-5-3-2-4-6-25/h2-10,22-23,26H,11-20H2,1H3,(H2,31,32,35). The number of carbonyl (C=O) groups is 2. The van der Waals surface area contributed by atoms with Crippen molar-refractivity contribution in [3.8, 4) is 0 Å². The predicted molar refractivity (Wildman–Crippen MR) is 138 cm³/mol. The first-order valence-corrected chi connectivity index (χ1v) is 13.4. The number of likely N-dealkylation sites (tertiary alicyclic amines) is 1. The number of nitrogens with one attached hydrogen (secondary N) is 2. The van der Waals surface area contributed by atoms with Gasteiger partial charge in [0.2, 0.25) is 5.91 Å². The first-order valence-electron chi connectivity index (χ1n) is 13.4. The van der Waals surface area contributed by atoms with Crippen LogP contribution in [0.5, 0.6) is 0 Å². The van der Waals surface area contributed by atoms with Crippen LogP contribution in [0.4, 0.5) is 10.5 Å². The van der Waals surface area contributed by atoms with Gasteiger partial charge in [0.15, 0.2) is 0 Å². The number of rotatable bonds is 4. The summed E-state index contributed by atoms with van der Waals surface area (Å²) in [6.07, 6.45) is 8.63. The lowest BCUT2D eigenvalue weighted by molar-refractivity contribution is -0.161. The van der Waals surface area contributed by atoms with Gasteiger partial charge in [-0.25, -0.2) is 4.79 Å². The summed E-state index contributed by atoms with van der Waals surface area (Å²) >= 11 is 0. The number of urea groups is 1. The highest BCUT2D eigenvalue weighted by molar-refractivity contribution is 5.89. The molecule has 1 aliphatic heterocycles. The van der Waals surface area contributed by atoms with E-state index in [0.717, 1.165) is 50.9 Å². The summed E-state index contributed by atoms with van der Waals surface area (Å²) in [5.41, 5.74) is 3.56. The Morgan fingerprint density at radius 2 is 1.54 bits per heavy atom. The fourth-order valence-corrected chi connectivity index (χ4v) is 8.19. The quantitative estimate of drug-likeness (QED) is 0.606. The van der Waals surface area contributed by atoms with Gasteiger partial charge < -0.3 is 15.5 Å². The van der Waals surface area contributed by atoms with E-state index in [4.69, 9.17) is 0 Å². The minimum Gasteiger partial charge on any atom is -0.342 e. The van der Waals surface area contributed by atoms with E-state index in [2.05, 4.69) is 46.7 Å². The first-order chi connectivity index (χ1) is 16.9. The predicted octanol–water partition coefficient (Wildman–Crippen LogP) is 5.65. The molecule has 5 aliphatic rings. The number of piperidine rings is 1. The Kier molecular flexibility index (Phi) is 5.62. The summed E-state index contributed by atoms with van der Waals surface area (Å²) in [5, 5.41) is 6.01. The Bertz CT molecular complexity index is 1070. The number of benzene rings is 2. The second-order valence-corrected chi connectivity index (χ2v) is 11.9. The number of hydrogen-bond acceptors (Lipinski definition) is 2. The smallest absolute Gasteiger partial charge is 0.319 e. The second kappa shape index (κ2) is 8.69. The van der Waals surface area contributed by atoms with Gasteiger partial charge in [0, 0.05) is 24.8 Å². The number of anilines is 1. The normalized spacial score (nSPS) is 31.9. The number of hydrogen-bond donors (Lipinski definition) is 2. The molecule has 0 spiro atoms. The molecule has 184 valence electrons. The van der Waals surface area contributed by atoms with E-state index in [9.17, 15) is 9.59 Å². The van der Waals surface area contributed by atoms with E-state index < -0.39 is 0 Å². The monoisotopic (exact) mass is 471 g/mol. The number of carbonyl (C=O) groups excluding carboxylic acids is 2. The van der Waals surface area contributed by atoms with Gasteiger partial charge in [-0.3, -0.25) is 4.79 Å². The average Bonchev–Trinajstić information content (AvgIpc) is 2.84. The Hall–Kier alpha value is -2.82. The lowest BCUT2D eigenvalue weighted by Crippen LogP contribution is -2.60. The maximum absolute atomic E-state index is 14.1. The van der Waals surface area contributed by atoms with E-state index in [1.807, 2.05) is 30.3 Å². The Labute approximate surface area is 208 Å². The third-order valence-corrected chi connectivity index (χ3v) is 9.33. The lowest BCUT2D eigenvalue weighted by atomic mass is 9.42. The molecule has 1 saturated heterocycles. The van der Waals surface area contributed by atoms with Crippen molar-refractivity contribution in [1.29, 1.82) is 0 Å². The summed E-state index contributed by atoms with van der Waals surface area (Å²) in [5.74, 6) is 1.76. The lowest BCUT2D eigenvalue weighted by Gasteiger charge is -2.62. The van der Waals surface area contributed by atoms with Crippen LogP contribution in [0.1, 0.15) is 62.5 Å². The highest BCUT2D eigenvalue weighted by Gasteiger charge is 2.61. The average molecular weight is 472 g/mol. The molecule has 7 rings (SSSR count).